The molecule has 0 saturated heterocycles. The molecule has 7 rings (SSSR count). The van der Waals surface area contributed by atoms with Gasteiger partial charge < -0.3 is 4.43 Å². The molecule has 0 heterocycles. The summed E-state index contributed by atoms with van der Waals surface area (Å²) in [6.45, 7) is 12.1. The third-order valence-electron chi connectivity index (χ3n) is 8.55. The Hall–Kier alpha value is -1.64. The van der Waals surface area contributed by atoms with E-state index in [1.54, 1.807) is 11.1 Å². The van der Waals surface area contributed by atoms with E-state index in [2.05, 4.69) is 82.4 Å². The van der Waals surface area contributed by atoms with Crippen LogP contribution in [0.4, 0.5) is 0 Å². The van der Waals surface area contributed by atoms with E-state index in [1.807, 2.05) is 0 Å². The van der Waals surface area contributed by atoms with Gasteiger partial charge in [0, 0.05) is 0 Å². The standard InChI is InChI=1S/C29H35OSi/c1-28(2,3)27-24-15-18-14-19(17-29(27,16-18)30-31(4)5)25(24)26-22-12-8-6-10-20(22)21-11-7-9-13-23(21)26/h6-13,18-19,24,27H,14-17H2,1-5H3. The second kappa shape index (κ2) is 6.68. The van der Waals surface area contributed by atoms with Gasteiger partial charge in [-0.05, 0) is 95.7 Å². The van der Waals surface area contributed by atoms with Crippen LogP contribution >= 0.6 is 0 Å². The van der Waals surface area contributed by atoms with Crippen molar-refractivity contribution in [3.05, 3.63) is 65.2 Å². The lowest BCUT2D eigenvalue weighted by atomic mass is 9.43. The molecule has 0 aromatic heterocycles. The SMILES string of the molecule is C[Si](C)OC12CC3CC(C1)C(=C1c4ccccc4-c4ccccc41)C(C3)C2C(C)(C)C. The molecule has 5 atom stereocenters. The molecule has 5 aliphatic rings. The zero-order valence-corrected chi connectivity index (χ0v) is 20.7. The molecule has 4 bridgehead atoms. The summed E-state index contributed by atoms with van der Waals surface area (Å²) < 4.78 is 7.02. The predicted molar refractivity (Wildman–Crippen MR) is 131 cm³/mol. The summed E-state index contributed by atoms with van der Waals surface area (Å²) >= 11 is 0. The molecule has 2 heteroatoms. The van der Waals surface area contributed by atoms with Gasteiger partial charge in [-0.2, -0.15) is 0 Å². The first-order valence-electron chi connectivity index (χ1n) is 12.2. The smallest absolute Gasteiger partial charge is 0.205 e. The Morgan fingerprint density at radius 3 is 1.97 bits per heavy atom. The van der Waals surface area contributed by atoms with E-state index in [-0.39, 0.29) is 11.0 Å². The van der Waals surface area contributed by atoms with Crippen molar-refractivity contribution in [1.29, 1.82) is 0 Å². The third kappa shape index (κ3) is 2.84. The van der Waals surface area contributed by atoms with Crippen molar-refractivity contribution in [1.82, 2.24) is 0 Å². The monoisotopic (exact) mass is 427 g/mol. The van der Waals surface area contributed by atoms with E-state index in [0.717, 1.165) is 5.92 Å². The van der Waals surface area contributed by atoms with Gasteiger partial charge in [-0.3, -0.25) is 0 Å². The summed E-state index contributed by atoms with van der Waals surface area (Å²) in [4.78, 5) is 0. The van der Waals surface area contributed by atoms with Crippen LogP contribution in [0, 0.1) is 29.1 Å². The molecule has 31 heavy (non-hydrogen) atoms. The Morgan fingerprint density at radius 2 is 1.42 bits per heavy atom. The first-order chi connectivity index (χ1) is 14.8. The van der Waals surface area contributed by atoms with Crippen LogP contribution in [0.2, 0.25) is 13.1 Å². The first kappa shape index (κ1) is 20.0. The largest absolute Gasteiger partial charge is 0.411 e. The minimum atomic E-state index is -0.735. The summed E-state index contributed by atoms with van der Waals surface area (Å²) in [6, 6.07) is 18.3. The molecule has 161 valence electrons. The number of benzene rings is 2. The minimum absolute atomic E-state index is 0.105. The second-order valence-corrected chi connectivity index (χ2v) is 13.9. The van der Waals surface area contributed by atoms with Crippen molar-refractivity contribution in [2.75, 3.05) is 0 Å². The summed E-state index contributed by atoms with van der Waals surface area (Å²) in [6.07, 6.45) is 5.27. The minimum Gasteiger partial charge on any atom is -0.411 e. The fourth-order valence-corrected chi connectivity index (χ4v) is 9.47. The lowest BCUT2D eigenvalue weighted by molar-refractivity contribution is -0.165. The van der Waals surface area contributed by atoms with Crippen molar-refractivity contribution in [3.63, 3.8) is 0 Å². The molecule has 0 N–H and O–H groups in total. The Bertz CT molecular complexity index is 1020. The second-order valence-electron chi connectivity index (χ2n) is 11.9. The maximum absolute atomic E-state index is 7.02. The van der Waals surface area contributed by atoms with Gasteiger partial charge in [-0.15, -0.1) is 0 Å². The summed E-state index contributed by atoms with van der Waals surface area (Å²) in [5.41, 5.74) is 9.54. The van der Waals surface area contributed by atoms with Gasteiger partial charge in [0.15, 0.2) is 0 Å². The van der Waals surface area contributed by atoms with E-state index in [9.17, 15) is 0 Å². The molecule has 0 spiro atoms. The molecule has 2 aromatic rings. The van der Waals surface area contributed by atoms with Gasteiger partial charge >= 0.3 is 0 Å². The zero-order valence-electron chi connectivity index (χ0n) is 19.7. The number of hydrogen-bond donors (Lipinski definition) is 0. The average molecular weight is 428 g/mol. The predicted octanol–water partition coefficient (Wildman–Crippen LogP) is 7.59. The number of rotatable bonds is 2. The molecule has 0 aliphatic heterocycles. The van der Waals surface area contributed by atoms with Gasteiger partial charge in [0.2, 0.25) is 9.04 Å². The van der Waals surface area contributed by atoms with Crippen LogP contribution in [0.25, 0.3) is 16.7 Å². The van der Waals surface area contributed by atoms with E-state index in [4.69, 9.17) is 4.43 Å². The van der Waals surface area contributed by atoms with E-state index in [1.165, 1.54) is 47.9 Å². The van der Waals surface area contributed by atoms with E-state index < -0.39 is 9.04 Å². The van der Waals surface area contributed by atoms with Gasteiger partial charge in [0.1, 0.15) is 0 Å². The number of fused-ring (bicyclic) bond motifs is 3. The third-order valence-corrected chi connectivity index (χ3v) is 9.37. The van der Waals surface area contributed by atoms with Crippen molar-refractivity contribution in [2.24, 2.45) is 29.1 Å². The Morgan fingerprint density at radius 1 is 0.839 bits per heavy atom. The topological polar surface area (TPSA) is 9.23 Å². The van der Waals surface area contributed by atoms with Crippen molar-refractivity contribution in [3.8, 4) is 11.1 Å². The van der Waals surface area contributed by atoms with Crippen LogP contribution in [-0.4, -0.2) is 14.6 Å². The van der Waals surface area contributed by atoms with Gasteiger partial charge in [-0.25, -0.2) is 0 Å². The molecular weight excluding hydrogens is 392 g/mol. The lowest BCUT2D eigenvalue weighted by Crippen LogP contribution is -2.63. The van der Waals surface area contributed by atoms with Crippen molar-refractivity contribution < 1.29 is 4.43 Å². The highest BCUT2D eigenvalue weighted by molar-refractivity contribution is 6.48. The van der Waals surface area contributed by atoms with Gasteiger partial charge in [0.25, 0.3) is 0 Å². The molecule has 5 unspecified atom stereocenters. The van der Waals surface area contributed by atoms with Crippen LogP contribution in [-0.2, 0) is 4.43 Å². The first-order valence-corrected chi connectivity index (χ1v) is 14.6. The molecule has 1 radical (unpaired) electrons. The summed E-state index contributed by atoms with van der Waals surface area (Å²) in [5.74, 6) is 2.79. The fourth-order valence-electron chi connectivity index (χ4n) is 8.36. The Balaban J connectivity index is 1.60. The number of allylic oxidation sites excluding steroid dienone is 1. The molecule has 0 amide bonds. The van der Waals surface area contributed by atoms with Crippen LogP contribution in [0.5, 0.6) is 0 Å². The highest BCUT2D eigenvalue weighted by atomic mass is 28.3. The van der Waals surface area contributed by atoms with Crippen molar-refractivity contribution >= 4 is 14.6 Å². The maximum Gasteiger partial charge on any atom is 0.205 e. The normalized spacial score (nSPS) is 33.2. The molecule has 4 fully saturated rings. The van der Waals surface area contributed by atoms with Crippen LogP contribution in [0.3, 0.4) is 0 Å². The number of hydrogen-bond acceptors (Lipinski definition) is 1. The highest BCUT2D eigenvalue weighted by Gasteiger charge is 2.63. The van der Waals surface area contributed by atoms with Gasteiger partial charge in [0.05, 0.1) is 5.60 Å². The fraction of sp³-hybridized carbons (Fsp3) is 0.517. The van der Waals surface area contributed by atoms with Crippen LogP contribution in [0.15, 0.2) is 54.1 Å². The molecule has 1 nitrogen and oxygen atoms in total. The quantitative estimate of drug-likeness (QED) is 0.383. The lowest BCUT2D eigenvalue weighted by Gasteiger charge is -2.66. The summed E-state index contributed by atoms with van der Waals surface area (Å²) in [7, 11) is -0.735. The molecule has 4 saturated carbocycles. The molecular formula is C29H35OSi. The van der Waals surface area contributed by atoms with Gasteiger partial charge in [-0.1, -0.05) is 74.9 Å². The van der Waals surface area contributed by atoms with Crippen molar-refractivity contribution in [2.45, 2.75) is 65.1 Å². The summed E-state index contributed by atoms with van der Waals surface area (Å²) in [5, 5.41) is 0. The zero-order chi connectivity index (χ0) is 21.5. The van der Waals surface area contributed by atoms with E-state index in [0.29, 0.717) is 17.8 Å². The molecule has 5 aliphatic carbocycles. The van der Waals surface area contributed by atoms with E-state index >= 15 is 0 Å². The van der Waals surface area contributed by atoms with Crippen LogP contribution < -0.4 is 0 Å². The van der Waals surface area contributed by atoms with Crippen LogP contribution in [0.1, 0.15) is 57.6 Å². The highest BCUT2D eigenvalue weighted by Crippen LogP contribution is 2.68. The Kier molecular flexibility index (Phi) is 4.31. The molecule has 2 aromatic carbocycles. The maximum atomic E-state index is 7.02. The Labute approximate surface area is 189 Å². The average Bonchev–Trinajstić information content (AvgIpc) is 3.00.